The minimum Gasteiger partial charge on any atom is -0.508 e. The van der Waals surface area contributed by atoms with E-state index in [9.17, 15) is 19.5 Å². The summed E-state index contributed by atoms with van der Waals surface area (Å²) in [5.74, 6) is -1.19. The van der Waals surface area contributed by atoms with Gasteiger partial charge in [-0.2, -0.15) is 0 Å². The Kier molecular flexibility index (Phi) is 13.2. The first-order chi connectivity index (χ1) is 18.6. The average Bonchev–Trinajstić information content (AvgIpc) is 2.89. The number of phenols is 1. The van der Waals surface area contributed by atoms with Gasteiger partial charge in [0.05, 0.1) is 6.04 Å². The maximum absolute atomic E-state index is 13.4. The molecule has 3 atom stereocenters. The lowest BCUT2D eigenvalue weighted by molar-refractivity contribution is -0.130. The first-order valence-corrected chi connectivity index (χ1v) is 12.9. The molecule has 0 fully saturated rings. The van der Waals surface area contributed by atoms with Crippen molar-refractivity contribution < 1.29 is 19.5 Å². The highest BCUT2D eigenvalue weighted by Gasteiger charge is 2.26. The Hall–Kier alpha value is -4.16. The highest BCUT2D eigenvalue weighted by molar-refractivity contribution is 5.90. The second kappa shape index (κ2) is 16.6. The molecule has 2 aromatic carbocycles. The second-order valence-electron chi connectivity index (χ2n) is 9.30. The number of carbonyl (C=O) groups is 3. The average molecular weight is 541 g/mol. The molecule has 0 aliphatic heterocycles. The van der Waals surface area contributed by atoms with Gasteiger partial charge in [0.1, 0.15) is 11.8 Å². The predicted molar refractivity (Wildman–Crippen MR) is 150 cm³/mol. The Balaban J connectivity index is 2.08. The summed E-state index contributed by atoms with van der Waals surface area (Å²) >= 11 is 0. The van der Waals surface area contributed by atoms with E-state index in [0.29, 0.717) is 32.4 Å². The van der Waals surface area contributed by atoms with Crippen LogP contribution in [0.25, 0.3) is 0 Å². The molecule has 2 aromatic rings. The van der Waals surface area contributed by atoms with Crippen molar-refractivity contribution in [3.8, 4) is 5.75 Å². The fourth-order valence-electron chi connectivity index (χ4n) is 3.89. The van der Waals surface area contributed by atoms with Gasteiger partial charge in [0.15, 0.2) is 5.96 Å². The molecular formula is C27H40N8O4. The van der Waals surface area contributed by atoms with Crippen LogP contribution in [0.4, 0.5) is 0 Å². The maximum atomic E-state index is 13.4. The number of aliphatic imine (C=N–C) groups is 1. The van der Waals surface area contributed by atoms with Crippen molar-refractivity contribution >= 4 is 23.7 Å². The lowest BCUT2D eigenvalue weighted by atomic mass is 10.0. The number of phenolic OH excluding ortho intramolecular Hbond substituents is 1. The van der Waals surface area contributed by atoms with Crippen molar-refractivity contribution in [1.82, 2.24) is 16.0 Å². The van der Waals surface area contributed by atoms with E-state index in [1.54, 1.807) is 24.3 Å². The molecule has 12 N–H and O–H groups in total. The Bertz CT molecular complexity index is 1070. The van der Waals surface area contributed by atoms with Crippen LogP contribution in [0.1, 0.15) is 30.4 Å². The molecule has 0 saturated carbocycles. The number of benzene rings is 2. The summed E-state index contributed by atoms with van der Waals surface area (Å²) in [6.45, 7) is 0.742. The highest BCUT2D eigenvalue weighted by Crippen LogP contribution is 2.11. The van der Waals surface area contributed by atoms with E-state index in [1.165, 1.54) is 0 Å². The zero-order valence-electron chi connectivity index (χ0n) is 22.0. The first kappa shape index (κ1) is 31.1. The summed E-state index contributed by atoms with van der Waals surface area (Å²) in [4.78, 5) is 41.4. The highest BCUT2D eigenvalue weighted by atomic mass is 16.3. The summed E-state index contributed by atoms with van der Waals surface area (Å²) in [5.41, 5.74) is 24.1. The quantitative estimate of drug-likeness (QED) is 0.0703. The van der Waals surface area contributed by atoms with Gasteiger partial charge < -0.3 is 44.0 Å². The number of primary amides is 1. The van der Waals surface area contributed by atoms with E-state index < -0.39 is 23.9 Å². The molecule has 12 nitrogen and oxygen atoms in total. The van der Waals surface area contributed by atoms with Gasteiger partial charge >= 0.3 is 0 Å². The number of guanidine groups is 1. The molecule has 39 heavy (non-hydrogen) atoms. The van der Waals surface area contributed by atoms with Gasteiger partial charge in [-0.25, -0.2) is 0 Å². The fourth-order valence-corrected chi connectivity index (χ4v) is 3.89. The molecular weight excluding hydrogens is 500 g/mol. The number of rotatable bonds is 17. The molecule has 0 heterocycles. The topological polar surface area (TPSA) is 224 Å². The number of nitrogens with zero attached hydrogens (tertiary/aromatic N) is 1. The van der Waals surface area contributed by atoms with E-state index >= 15 is 0 Å². The summed E-state index contributed by atoms with van der Waals surface area (Å²) in [6.07, 6.45) is 1.70. The number of carbonyl (C=O) groups excluding carboxylic acids is 3. The molecule has 0 aliphatic carbocycles. The van der Waals surface area contributed by atoms with Crippen LogP contribution in [0.15, 0.2) is 59.6 Å². The zero-order chi connectivity index (χ0) is 28.6. The number of nitrogens with two attached hydrogens (primary N) is 4. The third-order valence-electron chi connectivity index (χ3n) is 5.91. The van der Waals surface area contributed by atoms with Gasteiger partial charge in [-0.05, 0) is 42.5 Å². The van der Waals surface area contributed by atoms with Crippen LogP contribution in [0.2, 0.25) is 0 Å². The first-order valence-electron chi connectivity index (χ1n) is 12.9. The number of hydrogen-bond acceptors (Lipinski definition) is 7. The van der Waals surface area contributed by atoms with Gasteiger partial charge in [-0.3, -0.25) is 19.4 Å². The monoisotopic (exact) mass is 540 g/mol. The van der Waals surface area contributed by atoms with Crippen molar-refractivity contribution in [3.63, 3.8) is 0 Å². The summed E-state index contributed by atoms with van der Waals surface area (Å²) < 4.78 is 0. The lowest BCUT2D eigenvalue weighted by Crippen LogP contribution is -2.55. The van der Waals surface area contributed by atoms with E-state index in [-0.39, 0.29) is 43.0 Å². The third-order valence-corrected chi connectivity index (χ3v) is 5.91. The molecule has 0 aliphatic rings. The Morgan fingerprint density at radius 3 is 2.18 bits per heavy atom. The minimum atomic E-state index is -0.875. The largest absolute Gasteiger partial charge is 0.508 e. The van der Waals surface area contributed by atoms with E-state index in [0.717, 1.165) is 11.1 Å². The van der Waals surface area contributed by atoms with Crippen LogP contribution in [0.3, 0.4) is 0 Å². The standard InChI is InChI=1S/C27H40N8O4/c28-20(15-19-8-10-21(36)11-9-19)17-34-22(7-4-13-33-27(30)31)26(39)35-23(16-18-5-2-1-3-6-18)25(38)32-14-12-24(29)37/h1-3,5-6,8-11,20,22-23,34,36H,4,7,12-17,28H2,(H2,29,37)(H,32,38)(H,35,39)(H4,30,31,33)/t20-,22+,23-/m0/s1. The molecule has 0 radical (unpaired) electrons. The Morgan fingerprint density at radius 2 is 1.54 bits per heavy atom. The van der Waals surface area contributed by atoms with Crippen LogP contribution in [0, 0.1) is 0 Å². The minimum absolute atomic E-state index is 0.00830. The van der Waals surface area contributed by atoms with Gasteiger partial charge in [-0.15, -0.1) is 0 Å². The Morgan fingerprint density at radius 1 is 0.872 bits per heavy atom. The van der Waals surface area contributed by atoms with E-state index in [4.69, 9.17) is 22.9 Å². The SMILES string of the molecule is NC(=O)CCNC(=O)[C@H](Cc1ccccc1)NC(=O)[C@@H](CCCN=C(N)N)NC[C@@H](N)Cc1ccc(O)cc1. The number of hydrogen-bond donors (Lipinski definition) is 8. The number of amides is 3. The maximum Gasteiger partial charge on any atom is 0.242 e. The van der Waals surface area contributed by atoms with Crippen LogP contribution in [-0.4, -0.2) is 66.5 Å². The van der Waals surface area contributed by atoms with Crippen molar-refractivity contribution in [3.05, 3.63) is 65.7 Å². The number of nitrogens with one attached hydrogen (secondary N) is 3. The molecule has 0 bridgehead atoms. The molecule has 12 heteroatoms. The fraction of sp³-hybridized carbons (Fsp3) is 0.407. The van der Waals surface area contributed by atoms with Crippen LogP contribution >= 0.6 is 0 Å². The van der Waals surface area contributed by atoms with Gasteiger partial charge in [-0.1, -0.05) is 42.5 Å². The Labute approximate surface area is 228 Å². The molecule has 0 unspecified atom stereocenters. The van der Waals surface area contributed by atoms with Crippen LogP contribution in [0.5, 0.6) is 5.75 Å². The van der Waals surface area contributed by atoms with Gasteiger partial charge in [0, 0.05) is 38.5 Å². The predicted octanol–water partition coefficient (Wildman–Crippen LogP) is -1.01. The normalized spacial score (nSPS) is 13.1. The van der Waals surface area contributed by atoms with E-state index in [2.05, 4.69) is 20.9 Å². The third kappa shape index (κ3) is 12.8. The molecule has 0 spiro atoms. The molecule has 212 valence electrons. The van der Waals surface area contributed by atoms with Crippen molar-refractivity contribution in [1.29, 1.82) is 0 Å². The molecule has 0 aromatic heterocycles. The lowest BCUT2D eigenvalue weighted by Gasteiger charge is -2.24. The van der Waals surface area contributed by atoms with Crippen LogP contribution in [-0.2, 0) is 27.2 Å². The van der Waals surface area contributed by atoms with Crippen molar-refractivity contribution in [2.75, 3.05) is 19.6 Å². The summed E-state index contributed by atoms with van der Waals surface area (Å²) in [5, 5.41) is 18.2. The molecule has 2 rings (SSSR count). The molecule has 0 saturated heterocycles. The summed E-state index contributed by atoms with van der Waals surface area (Å²) in [6, 6.07) is 14.2. The zero-order valence-corrected chi connectivity index (χ0v) is 22.0. The smallest absolute Gasteiger partial charge is 0.242 e. The van der Waals surface area contributed by atoms with Crippen LogP contribution < -0.4 is 38.9 Å². The second-order valence-corrected chi connectivity index (χ2v) is 9.30. The van der Waals surface area contributed by atoms with Crippen molar-refractivity contribution in [2.24, 2.45) is 27.9 Å². The number of aromatic hydroxyl groups is 1. The molecule has 3 amide bonds. The summed E-state index contributed by atoms with van der Waals surface area (Å²) in [7, 11) is 0. The van der Waals surface area contributed by atoms with E-state index in [1.807, 2.05) is 30.3 Å². The van der Waals surface area contributed by atoms with Gasteiger partial charge in [0.25, 0.3) is 0 Å². The van der Waals surface area contributed by atoms with Crippen molar-refractivity contribution in [2.45, 2.75) is 50.2 Å². The van der Waals surface area contributed by atoms with Gasteiger partial charge in [0.2, 0.25) is 17.7 Å².